The van der Waals surface area contributed by atoms with Gasteiger partial charge in [-0.15, -0.1) is 11.6 Å². The van der Waals surface area contributed by atoms with Crippen LogP contribution in [0.5, 0.6) is 0 Å². The first-order chi connectivity index (χ1) is 7.18. The molecule has 78 valence electrons. The predicted octanol–water partition coefficient (Wildman–Crippen LogP) is 3.35. The van der Waals surface area contributed by atoms with E-state index in [-0.39, 0.29) is 5.38 Å². The second-order valence-corrected chi connectivity index (χ2v) is 4.15. The topological polar surface area (TPSA) is 28.7 Å². The molecule has 2 aromatic rings. The molecule has 0 radical (unpaired) electrons. The van der Waals surface area contributed by atoms with Gasteiger partial charge in [0.25, 0.3) is 0 Å². The molecule has 1 aromatic heterocycles. The zero-order valence-electron chi connectivity index (χ0n) is 8.79. The first-order valence-electron chi connectivity index (χ1n) is 4.89. The Morgan fingerprint density at radius 2 is 2.00 bits per heavy atom. The van der Waals surface area contributed by atoms with Crippen molar-refractivity contribution in [1.82, 2.24) is 10.2 Å². The number of hydrogen-bond acceptors (Lipinski definition) is 1. The van der Waals surface area contributed by atoms with Crippen LogP contribution in [0.15, 0.2) is 30.5 Å². The molecule has 0 amide bonds. The van der Waals surface area contributed by atoms with Crippen LogP contribution in [-0.2, 0) is 0 Å². The third-order valence-corrected chi connectivity index (χ3v) is 3.11. The summed E-state index contributed by atoms with van der Waals surface area (Å²) < 4.78 is 0. The SMILES string of the molecule is Cc1ccc(C(Cl)c2ccn[nH]2)cc1C. The molecule has 1 aromatic carbocycles. The van der Waals surface area contributed by atoms with Gasteiger partial charge in [-0.05, 0) is 36.6 Å². The third-order valence-electron chi connectivity index (χ3n) is 2.62. The number of nitrogens with one attached hydrogen (secondary N) is 1. The molecule has 1 atom stereocenters. The zero-order chi connectivity index (χ0) is 10.8. The number of benzene rings is 1. The van der Waals surface area contributed by atoms with Crippen LogP contribution in [0.3, 0.4) is 0 Å². The van der Waals surface area contributed by atoms with Gasteiger partial charge in [-0.1, -0.05) is 18.2 Å². The summed E-state index contributed by atoms with van der Waals surface area (Å²) in [7, 11) is 0. The summed E-state index contributed by atoms with van der Waals surface area (Å²) in [6.45, 7) is 4.19. The Morgan fingerprint density at radius 1 is 1.20 bits per heavy atom. The minimum absolute atomic E-state index is 0.146. The zero-order valence-corrected chi connectivity index (χ0v) is 9.55. The van der Waals surface area contributed by atoms with Crippen LogP contribution in [0.2, 0.25) is 0 Å². The smallest absolute Gasteiger partial charge is 0.100 e. The summed E-state index contributed by atoms with van der Waals surface area (Å²) >= 11 is 6.33. The molecule has 1 N–H and O–H groups in total. The van der Waals surface area contributed by atoms with E-state index in [0.717, 1.165) is 11.3 Å². The number of aromatic nitrogens is 2. The Balaban J connectivity index is 2.34. The van der Waals surface area contributed by atoms with Crippen molar-refractivity contribution in [3.8, 4) is 0 Å². The van der Waals surface area contributed by atoms with Crippen molar-refractivity contribution in [2.75, 3.05) is 0 Å². The lowest BCUT2D eigenvalue weighted by molar-refractivity contribution is 0.974. The molecule has 15 heavy (non-hydrogen) atoms. The largest absolute Gasteiger partial charge is 0.281 e. The fourth-order valence-corrected chi connectivity index (χ4v) is 1.77. The van der Waals surface area contributed by atoms with Gasteiger partial charge in [-0.3, -0.25) is 5.10 Å². The van der Waals surface area contributed by atoms with Gasteiger partial charge < -0.3 is 0 Å². The quantitative estimate of drug-likeness (QED) is 0.773. The summed E-state index contributed by atoms with van der Waals surface area (Å²) in [6, 6.07) is 8.16. The Bertz CT molecular complexity index is 449. The van der Waals surface area contributed by atoms with Crippen molar-refractivity contribution in [2.24, 2.45) is 0 Å². The highest BCUT2D eigenvalue weighted by atomic mass is 35.5. The number of hydrogen-bond donors (Lipinski definition) is 1. The fraction of sp³-hybridized carbons (Fsp3) is 0.250. The summed E-state index contributed by atoms with van der Waals surface area (Å²) in [6.07, 6.45) is 1.71. The average Bonchev–Trinajstić information content (AvgIpc) is 2.74. The van der Waals surface area contributed by atoms with E-state index in [1.54, 1.807) is 6.20 Å². The first kappa shape index (κ1) is 10.2. The maximum atomic E-state index is 6.33. The molecule has 0 fully saturated rings. The van der Waals surface area contributed by atoms with Crippen LogP contribution in [0, 0.1) is 13.8 Å². The van der Waals surface area contributed by atoms with Gasteiger partial charge in [0.15, 0.2) is 0 Å². The Labute approximate surface area is 94.3 Å². The minimum Gasteiger partial charge on any atom is -0.281 e. The van der Waals surface area contributed by atoms with Crippen molar-refractivity contribution in [2.45, 2.75) is 19.2 Å². The first-order valence-corrected chi connectivity index (χ1v) is 5.32. The molecule has 2 nitrogen and oxygen atoms in total. The lowest BCUT2D eigenvalue weighted by Gasteiger charge is -2.09. The van der Waals surface area contributed by atoms with Crippen molar-refractivity contribution in [3.05, 3.63) is 52.8 Å². The number of nitrogens with zero attached hydrogens (tertiary/aromatic N) is 1. The second kappa shape index (κ2) is 4.07. The van der Waals surface area contributed by atoms with Crippen molar-refractivity contribution in [3.63, 3.8) is 0 Å². The summed E-state index contributed by atoms with van der Waals surface area (Å²) in [5.41, 5.74) is 4.58. The molecule has 1 heterocycles. The monoisotopic (exact) mass is 220 g/mol. The molecule has 0 saturated carbocycles. The molecule has 1 unspecified atom stereocenters. The number of alkyl halides is 1. The second-order valence-electron chi connectivity index (χ2n) is 3.72. The lowest BCUT2D eigenvalue weighted by atomic mass is 10.0. The fourth-order valence-electron chi connectivity index (χ4n) is 1.51. The average molecular weight is 221 g/mol. The molecule has 0 saturated heterocycles. The van der Waals surface area contributed by atoms with E-state index < -0.39 is 0 Å². The molecular formula is C12H13ClN2. The highest BCUT2D eigenvalue weighted by Crippen LogP contribution is 2.28. The normalized spacial score (nSPS) is 12.7. The highest BCUT2D eigenvalue weighted by Gasteiger charge is 2.12. The van der Waals surface area contributed by atoms with Crippen LogP contribution in [0.1, 0.15) is 27.8 Å². The van der Waals surface area contributed by atoms with Gasteiger partial charge in [-0.25, -0.2) is 0 Å². The lowest BCUT2D eigenvalue weighted by Crippen LogP contribution is -1.95. The van der Waals surface area contributed by atoms with E-state index in [4.69, 9.17) is 11.6 Å². The van der Waals surface area contributed by atoms with Crippen LogP contribution < -0.4 is 0 Å². The van der Waals surface area contributed by atoms with Gasteiger partial charge in [0.05, 0.1) is 5.69 Å². The third kappa shape index (κ3) is 2.05. The molecule has 0 aliphatic carbocycles. The minimum atomic E-state index is -0.146. The van der Waals surface area contributed by atoms with Gasteiger partial charge in [-0.2, -0.15) is 5.10 Å². The van der Waals surface area contributed by atoms with E-state index >= 15 is 0 Å². The van der Waals surface area contributed by atoms with Crippen LogP contribution in [-0.4, -0.2) is 10.2 Å². The number of halogens is 1. The number of rotatable bonds is 2. The van der Waals surface area contributed by atoms with Crippen molar-refractivity contribution in [1.29, 1.82) is 0 Å². The van der Waals surface area contributed by atoms with Gasteiger partial charge >= 0.3 is 0 Å². The summed E-state index contributed by atoms with van der Waals surface area (Å²) in [4.78, 5) is 0. The van der Waals surface area contributed by atoms with Crippen molar-refractivity contribution < 1.29 is 0 Å². The standard InChI is InChI=1S/C12H13ClN2/c1-8-3-4-10(7-9(8)2)12(13)11-5-6-14-15-11/h3-7,12H,1-2H3,(H,14,15). The number of aryl methyl sites for hydroxylation is 2. The molecule has 3 heteroatoms. The maximum absolute atomic E-state index is 6.33. The molecule has 0 bridgehead atoms. The van der Waals surface area contributed by atoms with Gasteiger partial charge in [0.1, 0.15) is 5.38 Å². The number of H-pyrrole nitrogens is 1. The van der Waals surface area contributed by atoms with E-state index in [2.05, 4.69) is 42.2 Å². The molecule has 2 rings (SSSR count). The Morgan fingerprint density at radius 3 is 2.60 bits per heavy atom. The molecule has 0 aliphatic rings. The summed E-state index contributed by atoms with van der Waals surface area (Å²) in [5.74, 6) is 0. The Kier molecular flexibility index (Phi) is 2.78. The molecule has 0 spiro atoms. The van der Waals surface area contributed by atoms with Crippen LogP contribution in [0.25, 0.3) is 0 Å². The molecular weight excluding hydrogens is 208 g/mol. The summed E-state index contributed by atoms with van der Waals surface area (Å²) in [5, 5.41) is 6.64. The Hall–Kier alpha value is -1.28. The predicted molar refractivity (Wildman–Crippen MR) is 62.2 cm³/mol. The van der Waals surface area contributed by atoms with Crippen molar-refractivity contribution >= 4 is 11.6 Å². The highest BCUT2D eigenvalue weighted by molar-refractivity contribution is 6.22. The van der Waals surface area contributed by atoms with E-state index in [9.17, 15) is 0 Å². The van der Waals surface area contributed by atoms with Gasteiger partial charge in [0.2, 0.25) is 0 Å². The van der Waals surface area contributed by atoms with Gasteiger partial charge in [0, 0.05) is 6.20 Å². The van der Waals surface area contributed by atoms with E-state index in [0.29, 0.717) is 0 Å². The van der Waals surface area contributed by atoms with Crippen LogP contribution in [0.4, 0.5) is 0 Å². The molecule has 0 aliphatic heterocycles. The number of aromatic amines is 1. The van der Waals surface area contributed by atoms with Crippen LogP contribution >= 0.6 is 11.6 Å². The maximum Gasteiger partial charge on any atom is 0.100 e. The van der Waals surface area contributed by atoms with E-state index in [1.807, 2.05) is 6.07 Å². The van der Waals surface area contributed by atoms with E-state index in [1.165, 1.54) is 11.1 Å².